The van der Waals surface area contributed by atoms with Crippen LogP contribution < -0.4 is 10.1 Å². The van der Waals surface area contributed by atoms with Gasteiger partial charge >= 0.3 is 5.97 Å². The standard InChI is InChI=1S/C18H15Cl2NO5/c1-10(22)21-13-5-3-11(4-6-13)16(23)9-26-18(24)12-7-14(19)17(25-2)15(20)8-12/h3-8H,9H2,1-2H3,(H,21,22). The summed E-state index contributed by atoms with van der Waals surface area (Å²) >= 11 is 11.9. The van der Waals surface area contributed by atoms with Crippen molar-refractivity contribution in [3.8, 4) is 5.75 Å². The van der Waals surface area contributed by atoms with Crippen LogP contribution in [0.3, 0.4) is 0 Å². The number of ketones is 1. The van der Waals surface area contributed by atoms with Gasteiger partial charge in [-0.3, -0.25) is 9.59 Å². The number of carbonyl (C=O) groups is 3. The summed E-state index contributed by atoms with van der Waals surface area (Å²) in [6, 6.07) is 8.92. The molecule has 0 aliphatic rings. The zero-order chi connectivity index (χ0) is 19.3. The van der Waals surface area contributed by atoms with E-state index >= 15 is 0 Å². The van der Waals surface area contributed by atoms with E-state index in [1.165, 1.54) is 38.3 Å². The highest BCUT2D eigenvalue weighted by Gasteiger charge is 2.16. The van der Waals surface area contributed by atoms with E-state index in [9.17, 15) is 14.4 Å². The lowest BCUT2D eigenvalue weighted by Crippen LogP contribution is -2.14. The van der Waals surface area contributed by atoms with Crippen molar-refractivity contribution in [3.05, 3.63) is 57.6 Å². The summed E-state index contributed by atoms with van der Waals surface area (Å²) in [6.07, 6.45) is 0. The maximum Gasteiger partial charge on any atom is 0.338 e. The normalized spacial score (nSPS) is 10.2. The Labute approximate surface area is 160 Å². The van der Waals surface area contributed by atoms with Crippen LogP contribution in [0, 0.1) is 0 Å². The van der Waals surface area contributed by atoms with Crippen LogP contribution in [0.5, 0.6) is 5.75 Å². The monoisotopic (exact) mass is 395 g/mol. The molecule has 0 saturated carbocycles. The first kappa shape index (κ1) is 19.8. The predicted molar refractivity (Wildman–Crippen MR) is 98.4 cm³/mol. The second-order valence-corrected chi connectivity index (χ2v) is 6.05. The Bertz CT molecular complexity index is 826. The molecule has 8 heteroatoms. The number of halogens is 2. The van der Waals surface area contributed by atoms with Gasteiger partial charge in [-0.25, -0.2) is 4.79 Å². The number of esters is 1. The van der Waals surface area contributed by atoms with E-state index in [1.54, 1.807) is 12.1 Å². The van der Waals surface area contributed by atoms with Gasteiger partial charge in [-0.2, -0.15) is 0 Å². The fourth-order valence-corrected chi connectivity index (χ4v) is 2.75. The average molecular weight is 396 g/mol. The minimum atomic E-state index is -0.736. The van der Waals surface area contributed by atoms with Gasteiger partial charge in [0, 0.05) is 18.2 Å². The van der Waals surface area contributed by atoms with E-state index in [0.717, 1.165) is 0 Å². The van der Waals surface area contributed by atoms with Gasteiger partial charge in [0.05, 0.1) is 22.7 Å². The summed E-state index contributed by atoms with van der Waals surface area (Å²) < 4.78 is 10.0. The minimum Gasteiger partial charge on any atom is -0.494 e. The molecule has 0 spiro atoms. The van der Waals surface area contributed by atoms with Crippen molar-refractivity contribution in [2.45, 2.75) is 6.92 Å². The number of benzene rings is 2. The molecule has 0 aliphatic heterocycles. The number of methoxy groups -OCH3 is 1. The third-order valence-electron chi connectivity index (χ3n) is 3.30. The van der Waals surface area contributed by atoms with Crippen LogP contribution in [0.25, 0.3) is 0 Å². The molecule has 0 heterocycles. The van der Waals surface area contributed by atoms with E-state index in [2.05, 4.69) is 5.32 Å². The number of ether oxygens (including phenoxy) is 2. The maximum atomic E-state index is 12.1. The third kappa shape index (κ3) is 4.97. The molecule has 0 saturated heterocycles. The van der Waals surface area contributed by atoms with Crippen molar-refractivity contribution in [1.29, 1.82) is 0 Å². The fourth-order valence-electron chi connectivity index (χ4n) is 2.11. The van der Waals surface area contributed by atoms with E-state index in [0.29, 0.717) is 11.3 Å². The number of hydrogen-bond acceptors (Lipinski definition) is 5. The number of amides is 1. The molecular formula is C18H15Cl2NO5. The van der Waals surface area contributed by atoms with Crippen LogP contribution in [0.2, 0.25) is 10.0 Å². The zero-order valence-electron chi connectivity index (χ0n) is 14.0. The van der Waals surface area contributed by atoms with Crippen molar-refractivity contribution in [2.24, 2.45) is 0 Å². The Balaban J connectivity index is 2.00. The number of carbonyl (C=O) groups excluding carboxylic acids is 3. The van der Waals surface area contributed by atoms with Crippen LogP contribution >= 0.6 is 23.2 Å². The molecular weight excluding hydrogens is 381 g/mol. The van der Waals surface area contributed by atoms with Gasteiger partial charge < -0.3 is 14.8 Å². The summed E-state index contributed by atoms with van der Waals surface area (Å²) in [7, 11) is 1.40. The van der Waals surface area contributed by atoms with Crippen molar-refractivity contribution < 1.29 is 23.9 Å². The molecule has 0 aliphatic carbocycles. The topological polar surface area (TPSA) is 81.7 Å². The molecule has 1 amide bonds. The van der Waals surface area contributed by atoms with Crippen LogP contribution in [0.4, 0.5) is 5.69 Å². The Kier molecular flexibility index (Phi) is 6.60. The first-order chi connectivity index (χ1) is 12.3. The summed E-state index contributed by atoms with van der Waals surface area (Å²) in [4.78, 5) is 35.2. The lowest BCUT2D eigenvalue weighted by atomic mass is 10.1. The highest BCUT2D eigenvalue weighted by atomic mass is 35.5. The first-order valence-corrected chi connectivity index (χ1v) is 8.18. The van der Waals surface area contributed by atoms with Crippen molar-refractivity contribution >= 4 is 46.5 Å². The van der Waals surface area contributed by atoms with Gasteiger partial charge in [0.2, 0.25) is 5.91 Å². The molecule has 0 radical (unpaired) electrons. The highest BCUT2D eigenvalue weighted by Crippen LogP contribution is 2.34. The Morgan fingerprint density at radius 1 is 1.00 bits per heavy atom. The predicted octanol–water partition coefficient (Wildman–Crippen LogP) is 4.00. The average Bonchev–Trinajstić information content (AvgIpc) is 2.59. The molecule has 0 aromatic heterocycles. The number of anilines is 1. The molecule has 0 atom stereocenters. The van der Waals surface area contributed by atoms with Crippen molar-refractivity contribution in [2.75, 3.05) is 19.0 Å². The first-order valence-electron chi connectivity index (χ1n) is 7.43. The molecule has 6 nitrogen and oxygen atoms in total. The molecule has 2 rings (SSSR count). The summed E-state index contributed by atoms with van der Waals surface area (Å²) in [5.74, 6) is -1.09. The number of rotatable bonds is 6. The molecule has 136 valence electrons. The Morgan fingerprint density at radius 2 is 1.58 bits per heavy atom. The molecule has 26 heavy (non-hydrogen) atoms. The zero-order valence-corrected chi connectivity index (χ0v) is 15.5. The lowest BCUT2D eigenvalue weighted by molar-refractivity contribution is -0.114. The second-order valence-electron chi connectivity index (χ2n) is 5.23. The largest absolute Gasteiger partial charge is 0.494 e. The van der Waals surface area contributed by atoms with E-state index in [1.807, 2.05) is 0 Å². The van der Waals surface area contributed by atoms with E-state index in [4.69, 9.17) is 32.7 Å². The lowest BCUT2D eigenvalue weighted by Gasteiger charge is -2.09. The van der Waals surface area contributed by atoms with Crippen LogP contribution in [0.15, 0.2) is 36.4 Å². The number of Topliss-reactive ketones (excluding diaryl/α,β-unsaturated/α-hetero) is 1. The third-order valence-corrected chi connectivity index (χ3v) is 3.86. The smallest absolute Gasteiger partial charge is 0.338 e. The van der Waals surface area contributed by atoms with Gasteiger partial charge in [0.25, 0.3) is 0 Å². The van der Waals surface area contributed by atoms with Crippen molar-refractivity contribution in [3.63, 3.8) is 0 Å². The quantitative estimate of drug-likeness (QED) is 0.590. The van der Waals surface area contributed by atoms with Gasteiger partial charge in [0.1, 0.15) is 0 Å². The molecule has 1 N–H and O–H groups in total. The van der Waals surface area contributed by atoms with Gasteiger partial charge in [0.15, 0.2) is 18.1 Å². The Hall–Kier alpha value is -2.57. The molecule has 0 bridgehead atoms. The SMILES string of the molecule is COc1c(Cl)cc(C(=O)OCC(=O)c2ccc(NC(C)=O)cc2)cc1Cl. The van der Waals surface area contributed by atoms with Gasteiger partial charge in [-0.05, 0) is 36.4 Å². The summed E-state index contributed by atoms with van der Waals surface area (Å²) in [6.45, 7) is 0.940. The molecule has 0 unspecified atom stereocenters. The van der Waals surface area contributed by atoms with E-state index < -0.39 is 18.4 Å². The molecule has 0 fully saturated rings. The van der Waals surface area contributed by atoms with E-state index in [-0.39, 0.29) is 27.3 Å². The minimum absolute atomic E-state index is 0.106. The summed E-state index contributed by atoms with van der Waals surface area (Å²) in [5.41, 5.74) is 1.01. The van der Waals surface area contributed by atoms with Crippen LogP contribution in [0.1, 0.15) is 27.6 Å². The summed E-state index contributed by atoms with van der Waals surface area (Å²) in [5, 5.41) is 2.91. The highest BCUT2D eigenvalue weighted by molar-refractivity contribution is 6.37. The maximum absolute atomic E-state index is 12.1. The molecule has 2 aromatic rings. The fraction of sp³-hybridized carbons (Fsp3) is 0.167. The van der Waals surface area contributed by atoms with Crippen LogP contribution in [-0.4, -0.2) is 31.4 Å². The second kappa shape index (κ2) is 8.69. The molecule has 2 aromatic carbocycles. The van der Waals surface area contributed by atoms with Crippen molar-refractivity contribution in [1.82, 2.24) is 0 Å². The number of hydrogen-bond donors (Lipinski definition) is 1. The number of nitrogens with one attached hydrogen (secondary N) is 1. The van der Waals surface area contributed by atoms with Gasteiger partial charge in [-0.15, -0.1) is 0 Å². The Morgan fingerprint density at radius 3 is 2.08 bits per heavy atom. The van der Waals surface area contributed by atoms with Gasteiger partial charge in [-0.1, -0.05) is 23.2 Å². The van der Waals surface area contributed by atoms with Crippen LogP contribution in [-0.2, 0) is 9.53 Å².